The lowest BCUT2D eigenvalue weighted by molar-refractivity contribution is -0.464. The molecule has 0 aromatic heterocycles. The van der Waals surface area contributed by atoms with Crippen molar-refractivity contribution in [2.24, 2.45) is 4.99 Å². The van der Waals surface area contributed by atoms with Gasteiger partial charge in [0.05, 0.1) is 0 Å². The average Bonchev–Trinajstić information content (AvgIpc) is 2.61. The monoisotopic (exact) mass is 247 g/mol. The lowest BCUT2D eigenvalue weighted by Gasteiger charge is -2.54. The first-order valence-corrected chi connectivity index (χ1v) is 6.21. The number of aliphatic imine (C=N–C) groups is 1. The van der Waals surface area contributed by atoms with Gasteiger partial charge >= 0.3 is 5.97 Å². The van der Waals surface area contributed by atoms with Gasteiger partial charge < -0.3 is 14.2 Å². The van der Waals surface area contributed by atoms with Crippen LogP contribution in [0.1, 0.15) is 31.9 Å². The molecule has 18 heavy (non-hydrogen) atoms. The van der Waals surface area contributed by atoms with Crippen LogP contribution in [0.4, 0.5) is 0 Å². The van der Waals surface area contributed by atoms with Crippen LogP contribution in [-0.2, 0) is 14.2 Å². The number of nitrogens with zero attached hydrogens (tertiary/aromatic N) is 1. The van der Waals surface area contributed by atoms with Gasteiger partial charge in [-0.2, -0.15) is 0 Å². The second kappa shape index (κ2) is 3.80. The van der Waals surface area contributed by atoms with Gasteiger partial charge in [-0.15, -0.1) is 0 Å². The smallest absolute Gasteiger partial charge is 0.358 e. The molecule has 4 nitrogen and oxygen atoms in total. The number of rotatable bonds is 3. The highest BCUT2D eigenvalue weighted by atomic mass is 16.9. The molecule has 2 aliphatic rings. The van der Waals surface area contributed by atoms with Gasteiger partial charge in [-0.25, -0.2) is 4.99 Å². The summed E-state index contributed by atoms with van der Waals surface area (Å²) in [7, 11) is 1.60. The second-order valence-electron chi connectivity index (χ2n) is 4.68. The van der Waals surface area contributed by atoms with Crippen molar-refractivity contribution < 1.29 is 14.2 Å². The van der Waals surface area contributed by atoms with E-state index in [4.69, 9.17) is 14.2 Å². The zero-order valence-corrected chi connectivity index (χ0v) is 10.8. The predicted molar refractivity (Wildman–Crippen MR) is 67.2 cm³/mol. The van der Waals surface area contributed by atoms with E-state index in [1.807, 2.05) is 37.3 Å². The Morgan fingerprint density at radius 3 is 2.67 bits per heavy atom. The molecule has 0 unspecified atom stereocenters. The molecule has 0 radical (unpaired) electrons. The van der Waals surface area contributed by atoms with Crippen LogP contribution < -0.4 is 0 Å². The average molecular weight is 247 g/mol. The molecule has 1 saturated heterocycles. The molecule has 3 atom stereocenters. The largest absolute Gasteiger partial charge is 0.424 e. The first kappa shape index (κ1) is 11.7. The Bertz CT molecular complexity index is 487. The number of fused-ring (bicyclic) bond motifs is 1. The Labute approximate surface area is 107 Å². The lowest BCUT2D eigenvalue weighted by Crippen LogP contribution is -2.68. The fourth-order valence-corrected chi connectivity index (χ4v) is 2.91. The van der Waals surface area contributed by atoms with E-state index < -0.39 is 11.5 Å². The maximum absolute atomic E-state index is 5.89. The van der Waals surface area contributed by atoms with E-state index in [1.165, 1.54) is 0 Å². The van der Waals surface area contributed by atoms with Crippen LogP contribution in [0.2, 0.25) is 0 Å². The van der Waals surface area contributed by atoms with Gasteiger partial charge in [0.1, 0.15) is 6.10 Å². The molecule has 2 aliphatic heterocycles. The molecule has 0 bridgehead atoms. The van der Waals surface area contributed by atoms with Gasteiger partial charge in [0.15, 0.2) is 11.4 Å². The van der Waals surface area contributed by atoms with Crippen molar-refractivity contribution in [2.45, 2.75) is 37.9 Å². The summed E-state index contributed by atoms with van der Waals surface area (Å²) in [6, 6.07) is 10.1. The first-order valence-electron chi connectivity index (χ1n) is 6.21. The van der Waals surface area contributed by atoms with Crippen LogP contribution in [-0.4, -0.2) is 24.5 Å². The molecular weight excluding hydrogens is 230 g/mol. The van der Waals surface area contributed by atoms with E-state index in [0.717, 1.165) is 12.0 Å². The van der Waals surface area contributed by atoms with Crippen LogP contribution in [0.15, 0.2) is 35.3 Å². The molecule has 2 heterocycles. The first-order chi connectivity index (χ1) is 8.67. The summed E-state index contributed by atoms with van der Waals surface area (Å²) in [5.74, 6) is -0.413. The summed E-state index contributed by atoms with van der Waals surface area (Å²) in [6.45, 7) is 3.92. The second-order valence-corrected chi connectivity index (χ2v) is 4.68. The number of ether oxygens (including phenoxy) is 3. The third kappa shape index (κ3) is 1.25. The molecule has 0 saturated carbocycles. The van der Waals surface area contributed by atoms with Crippen molar-refractivity contribution >= 4 is 5.90 Å². The molecule has 1 aromatic rings. The summed E-state index contributed by atoms with van der Waals surface area (Å²) in [6.07, 6.45) is 0.693. The van der Waals surface area contributed by atoms with E-state index in [0.29, 0.717) is 5.90 Å². The van der Waals surface area contributed by atoms with Crippen LogP contribution in [0.3, 0.4) is 0 Å². The maximum atomic E-state index is 5.89. The zero-order chi connectivity index (χ0) is 12.8. The molecule has 0 spiro atoms. The number of hydrogen-bond donors (Lipinski definition) is 0. The number of hydrogen-bond acceptors (Lipinski definition) is 4. The van der Waals surface area contributed by atoms with E-state index in [2.05, 4.69) is 11.9 Å². The minimum Gasteiger partial charge on any atom is -0.424 e. The summed E-state index contributed by atoms with van der Waals surface area (Å²) in [5, 5.41) is 0. The highest BCUT2D eigenvalue weighted by molar-refractivity contribution is 5.77. The molecule has 0 N–H and O–H groups in total. The van der Waals surface area contributed by atoms with E-state index in [9.17, 15) is 0 Å². The quantitative estimate of drug-likeness (QED) is 0.824. The molecule has 0 amide bonds. The van der Waals surface area contributed by atoms with E-state index >= 15 is 0 Å². The SMILES string of the molecule is CC[C@@]12N=C(C)O[C@]1(OC)O[C@H]2c1ccccc1. The Morgan fingerprint density at radius 2 is 2.06 bits per heavy atom. The van der Waals surface area contributed by atoms with Crippen molar-refractivity contribution in [2.75, 3.05) is 7.11 Å². The van der Waals surface area contributed by atoms with Crippen molar-refractivity contribution in [1.82, 2.24) is 0 Å². The Morgan fingerprint density at radius 1 is 1.33 bits per heavy atom. The van der Waals surface area contributed by atoms with Crippen molar-refractivity contribution in [1.29, 1.82) is 0 Å². The third-order valence-corrected chi connectivity index (χ3v) is 3.79. The molecular formula is C14H17NO3. The van der Waals surface area contributed by atoms with E-state index in [1.54, 1.807) is 7.11 Å². The van der Waals surface area contributed by atoms with Crippen LogP contribution in [0, 0.1) is 0 Å². The molecule has 0 aliphatic carbocycles. The van der Waals surface area contributed by atoms with E-state index in [-0.39, 0.29) is 6.10 Å². The predicted octanol–water partition coefficient (Wildman–Crippen LogP) is 2.66. The van der Waals surface area contributed by atoms with Gasteiger partial charge in [-0.05, 0) is 12.0 Å². The third-order valence-electron chi connectivity index (χ3n) is 3.79. The molecule has 1 aromatic carbocycles. The summed E-state index contributed by atoms with van der Waals surface area (Å²) in [5.41, 5.74) is 0.641. The van der Waals surface area contributed by atoms with Crippen LogP contribution >= 0.6 is 0 Å². The normalized spacial score (nSPS) is 37.5. The number of benzene rings is 1. The Balaban J connectivity index is 2.02. The maximum Gasteiger partial charge on any atom is 0.358 e. The fourth-order valence-electron chi connectivity index (χ4n) is 2.91. The molecule has 1 fully saturated rings. The summed E-state index contributed by atoms with van der Waals surface area (Å²) < 4.78 is 17.0. The van der Waals surface area contributed by atoms with Crippen molar-refractivity contribution in [3.63, 3.8) is 0 Å². The van der Waals surface area contributed by atoms with Crippen molar-refractivity contribution in [3.05, 3.63) is 35.9 Å². The zero-order valence-electron chi connectivity index (χ0n) is 10.8. The topological polar surface area (TPSA) is 40.0 Å². The van der Waals surface area contributed by atoms with Gasteiger partial charge in [-0.1, -0.05) is 37.3 Å². The highest BCUT2D eigenvalue weighted by Crippen LogP contribution is 2.59. The molecule has 4 heteroatoms. The standard InChI is InChI=1S/C14H17NO3/c1-4-13-12(11-8-6-5-7-9-11)18-14(13,16-3)17-10(2)15-13/h5-9,12H,4H2,1-3H3/t12-,13-,14-/m0/s1. The molecule has 3 rings (SSSR count). The summed E-state index contributed by atoms with van der Waals surface area (Å²) >= 11 is 0. The van der Waals surface area contributed by atoms with Crippen LogP contribution in [0.5, 0.6) is 0 Å². The van der Waals surface area contributed by atoms with Gasteiger partial charge in [-0.3, -0.25) is 0 Å². The Hall–Kier alpha value is -1.39. The van der Waals surface area contributed by atoms with Gasteiger partial charge in [0.2, 0.25) is 0 Å². The van der Waals surface area contributed by atoms with Crippen molar-refractivity contribution in [3.8, 4) is 0 Å². The Kier molecular flexibility index (Phi) is 2.47. The van der Waals surface area contributed by atoms with Gasteiger partial charge in [0, 0.05) is 14.0 Å². The lowest BCUT2D eigenvalue weighted by atomic mass is 9.78. The minimum atomic E-state index is -1.04. The summed E-state index contributed by atoms with van der Waals surface area (Å²) in [4.78, 5) is 4.65. The molecule has 96 valence electrons. The minimum absolute atomic E-state index is 0.110. The number of methoxy groups -OCH3 is 1. The van der Waals surface area contributed by atoms with Gasteiger partial charge in [0.25, 0.3) is 0 Å². The fraction of sp³-hybridized carbons (Fsp3) is 0.500. The van der Waals surface area contributed by atoms with Crippen LogP contribution in [0.25, 0.3) is 0 Å². The highest BCUT2D eigenvalue weighted by Gasteiger charge is 2.74.